The average Bonchev–Trinajstić information content (AvgIpc) is 2.98. The van der Waals surface area contributed by atoms with Crippen molar-refractivity contribution in [2.75, 3.05) is 12.4 Å². The zero-order valence-electron chi connectivity index (χ0n) is 11.6. The molecular weight excluding hydrogens is 266 g/mol. The number of aromatic nitrogens is 2. The van der Waals surface area contributed by atoms with E-state index in [1.165, 1.54) is 0 Å². The third-order valence-electron chi connectivity index (χ3n) is 3.19. The molecule has 0 unspecified atom stereocenters. The van der Waals surface area contributed by atoms with Crippen molar-refractivity contribution in [1.29, 1.82) is 0 Å². The van der Waals surface area contributed by atoms with Crippen molar-refractivity contribution in [3.05, 3.63) is 59.9 Å². The molecule has 0 saturated heterocycles. The second-order valence-electron chi connectivity index (χ2n) is 4.65. The molecule has 0 spiro atoms. The number of rotatable bonds is 4. The molecule has 3 aromatic rings. The van der Waals surface area contributed by atoms with Gasteiger partial charge >= 0.3 is 0 Å². The molecule has 21 heavy (non-hydrogen) atoms. The predicted molar refractivity (Wildman–Crippen MR) is 80.2 cm³/mol. The van der Waals surface area contributed by atoms with Crippen LogP contribution in [0, 0.1) is 0 Å². The van der Waals surface area contributed by atoms with Gasteiger partial charge in [-0.15, -0.1) is 0 Å². The molecule has 0 atom stereocenters. The molecule has 0 bridgehead atoms. The van der Waals surface area contributed by atoms with Crippen molar-refractivity contribution in [2.45, 2.75) is 6.42 Å². The number of benzene rings is 2. The summed E-state index contributed by atoms with van der Waals surface area (Å²) in [5, 5.41) is 16.4. The van der Waals surface area contributed by atoms with Crippen LogP contribution in [0.1, 0.15) is 11.4 Å². The van der Waals surface area contributed by atoms with E-state index in [2.05, 4.69) is 15.5 Å². The fourth-order valence-electron chi connectivity index (χ4n) is 2.12. The summed E-state index contributed by atoms with van der Waals surface area (Å²) in [6.07, 6.45) is 0.561. The van der Waals surface area contributed by atoms with Crippen LogP contribution in [-0.4, -0.2) is 22.3 Å². The maximum absolute atomic E-state index is 9.28. The van der Waals surface area contributed by atoms with Gasteiger partial charge in [0.25, 0.3) is 5.89 Å². The molecule has 0 fully saturated rings. The molecule has 0 aliphatic carbocycles. The summed E-state index contributed by atoms with van der Waals surface area (Å²) in [7, 11) is 1.85. The first-order valence-corrected chi connectivity index (χ1v) is 6.64. The Morgan fingerprint density at radius 1 is 1.10 bits per heavy atom. The van der Waals surface area contributed by atoms with Crippen LogP contribution in [0.2, 0.25) is 0 Å². The lowest BCUT2D eigenvalue weighted by Crippen LogP contribution is -1.92. The lowest BCUT2D eigenvalue weighted by Gasteiger charge is -2.03. The monoisotopic (exact) mass is 281 g/mol. The second-order valence-corrected chi connectivity index (χ2v) is 4.65. The average molecular weight is 281 g/mol. The molecule has 2 aromatic carbocycles. The summed E-state index contributed by atoms with van der Waals surface area (Å²) in [5.74, 6) is 1.35. The fourth-order valence-corrected chi connectivity index (χ4v) is 2.12. The van der Waals surface area contributed by atoms with E-state index < -0.39 is 0 Å². The Morgan fingerprint density at radius 2 is 1.86 bits per heavy atom. The lowest BCUT2D eigenvalue weighted by molar-refractivity contribution is 0.424. The number of hydrogen-bond donors (Lipinski definition) is 2. The third-order valence-corrected chi connectivity index (χ3v) is 3.19. The highest BCUT2D eigenvalue weighted by Gasteiger charge is 2.12. The van der Waals surface area contributed by atoms with Gasteiger partial charge in [0.1, 0.15) is 5.75 Å². The summed E-state index contributed by atoms with van der Waals surface area (Å²) in [5.41, 5.74) is 2.84. The third kappa shape index (κ3) is 2.86. The van der Waals surface area contributed by atoms with Gasteiger partial charge in [-0.3, -0.25) is 0 Å². The van der Waals surface area contributed by atoms with Gasteiger partial charge < -0.3 is 14.9 Å². The molecule has 2 N–H and O–H groups in total. The highest BCUT2D eigenvalue weighted by Crippen LogP contribution is 2.26. The number of phenolic OH excluding ortho intramolecular Hbond substituents is 1. The Morgan fingerprint density at radius 3 is 2.62 bits per heavy atom. The van der Waals surface area contributed by atoms with Crippen LogP contribution in [0.3, 0.4) is 0 Å². The quantitative estimate of drug-likeness (QED) is 0.769. The zero-order valence-corrected chi connectivity index (χ0v) is 11.6. The van der Waals surface area contributed by atoms with E-state index in [1.54, 1.807) is 12.1 Å². The number of nitrogens with one attached hydrogen (secondary N) is 1. The summed E-state index contributed by atoms with van der Waals surface area (Å²) >= 11 is 0. The maximum atomic E-state index is 9.28. The molecule has 0 radical (unpaired) electrons. The Kier molecular flexibility index (Phi) is 3.55. The topological polar surface area (TPSA) is 71.2 Å². The van der Waals surface area contributed by atoms with Crippen LogP contribution < -0.4 is 5.32 Å². The van der Waals surface area contributed by atoms with Gasteiger partial charge in [-0.1, -0.05) is 29.4 Å². The van der Waals surface area contributed by atoms with E-state index in [0.717, 1.165) is 16.8 Å². The molecule has 0 aliphatic rings. The highest BCUT2D eigenvalue weighted by molar-refractivity contribution is 5.72. The van der Waals surface area contributed by atoms with Gasteiger partial charge in [-0.05, 0) is 29.8 Å². The van der Waals surface area contributed by atoms with E-state index in [9.17, 15) is 5.11 Å². The van der Waals surface area contributed by atoms with Crippen molar-refractivity contribution in [2.24, 2.45) is 0 Å². The van der Waals surface area contributed by atoms with Gasteiger partial charge in [0.2, 0.25) is 0 Å². The molecular formula is C16H15N3O2. The minimum atomic E-state index is 0.246. The predicted octanol–water partition coefficient (Wildman–Crippen LogP) is 3.07. The summed E-state index contributed by atoms with van der Waals surface area (Å²) < 4.78 is 5.34. The Hall–Kier alpha value is -2.82. The van der Waals surface area contributed by atoms with Gasteiger partial charge in [-0.25, -0.2) is 0 Å². The van der Waals surface area contributed by atoms with Crippen LogP contribution in [-0.2, 0) is 6.42 Å². The maximum Gasteiger partial charge on any atom is 0.260 e. The largest absolute Gasteiger partial charge is 0.508 e. The van der Waals surface area contributed by atoms with Crippen molar-refractivity contribution < 1.29 is 9.63 Å². The van der Waals surface area contributed by atoms with E-state index in [1.807, 2.05) is 43.4 Å². The molecule has 5 heteroatoms. The molecule has 3 rings (SSSR count). The molecule has 0 saturated carbocycles. The highest BCUT2D eigenvalue weighted by atomic mass is 16.5. The number of anilines is 1. The van der Waals surface area contributed by atoms with Crippen molar-refractivity contribution in [3.8, 4) is 17.2 Å². The minimum absolute atomic E-state index is 0.246. The number of para-hydroxylation sites is 1. The first kappa shape index (κ1) is 13.2. The van der Waals surface area contributed by atoms with Crippen LogP contribution in [0.15, 0.2) is 53.1 Å². The van der Waals surface area contributed by atoms with E-state index >= 15 is 0 Å². The SMILES string of the molecule is CNc1ccccc1-c1nc(Cc2ccc(O)cc2)no1. The Balaban J connectivity index is 1.84. The summed E-state index contributed by atoms with van der Waals surface area (Å²) in [6.45, 7) is 0. The normalized spacial score (nSPS) is 10.5. The molecule has 1 aromatic heterocycles. The summed E-state index contributed by atoms with van der Waals surface area (Å²) in [6, 6.07) is 14.7. The Labute approximate surface area is 122 Å². The van der Waals surface area contributed by atoms with E-state index in [-0.39, 0.29) is 5.75 Å². The van der Waals surface area contributed by atoms with Crippen LogP contribution in [0.4, 0.5) is 5.69 Å². The number of phenols is 1. The van der Waals surface area contributed by atoms with Crippen LogP contribution >= 0.6 is 0 Å². The summed E-state index contributed by atoms with van der Waals surface area (Å²) in [4.78, 5) is 4.43. The molecule has 0 aliphatic heterocycles. The number of aromatic hydroxyl groups is 1. The van der Waals surface area contributed by atoms with Gasteiger partial charge in [0.15, 0.2) is 5.82 Å². The van der Waals surface area contributed by atoms with E-state index in [4.69, 9.17) is 4.52 Å². The number of nitrogens with zero attached hydrogens (tertiary/aromatic N) is 2. The number of hydrogen-bond acceptors (Lipinski definition) is 5. The van der Waals surface area contributed by atoms with Crippen LogP contribution in [0.25, 0.3) is 11.5 Å². The second kappa shape index (κ2) is 5.66. The van der Waals surface area contributed by atoms with Crippen molar-refractivity contribution >= 4 is 5.69 Å². The molecule has 1 heterocycles. The first-order valence-electron chi connectivity index (χ1n) is 6.64. The zero-order chi connectivity index (χ0) is 14.7. The molecule has 0 amide bonds. The first-order chi connectivity index (χ1) is 10.3. The Bertz CT molecular complexity index is 735. The van der Waals surface area contributed by atoms with E-state index in [0.29, 0.717) is 18.1 Å². The fraction of sp³-hybridized carbons (Fsp3) is 0.125. The molecule has 5 nitrogen and oxygen atoms in total. The van der Waals surface area contributed by atoms with Crippen molar-refractivity contribution in [3.63, 3.8) is 0 Å². The smallest absolute Gasteiger partial charge is 0.260 e. The standard InChI is InChI=1S/C16H15N3O2/c1-17-14-5-3-2-4-13(14)16-18-15(19-21-16)10-11-6-8-12(20)9-7-11/h2-9,17,20H,10H2,1H3. The molecule has 106 valence electrons. The lowest BCUT2D eigenvalue weighted by atomic mass is 10.1. The van der Waals surface area contributed by atoms with Crippen LogP contribution in [0.5, 0.6) is 5.75 Å². The van der Waals surface area contributed by atoms with Gasteiger partial charge in [0.05, 0.1) is 5.56 Å². The van der Waals surface area contributed by atoms with Crippen molar-refractivity contribution in [1.82, 2.24) is 10.1 Å². The van der Waals surface area contributed by atoms with Gasteiger partial charge in [0, 0.05) is 19.2 Å². The van der Waals surface area contributed by atoms with Gasteiger partial charge in [-0.2, -0.15) is 4.98 Å². The minimum Gasteiger partial charge on any atom is -0.508 e.